The molecule has 0 heterocycles. The van der Waals surface area contributed by atoms with E-state index in [9.17, 15) is 9.59 Å². The fourth-order valence-corrected chi connectivity index (χ4v) is 2.45. The lowest BCUT2D eigenvalue weighted by atomic mass is 10.1. The third-order valence-electron chi connectivity index (χ3n) is 3.99. The molecule has 0 unspecified atom stereocenters. The minimum absolute atomic E-state index is 0.0795. The number of anilines is 1. The lowest BCUT2D eigenvalue weighted by Gasteiger charge is -2.08. The number of nitriles is 1. The number of nitrogens with one attached hydrogen (secondary N) is 1. The number of nitrogens with zero attached hydrogens (tertiary/aromatic N) is 1. The second-order valence-electron chi connectivity index (χ2n) is 6.10. The van der Waals surface area contributed by atoms with Gasteiger partial charge in [-0.3, -0.25) is 4.79 Å². The van der Waals surface area contributed by atoms with E-state index in [-0.39, 0.29) is 19.1 Å². The maximum atomic E-state index is 12.2. The number of carbonyl (C=O) groups is 2. The van der Waals surface area contributed by atoms with Gasteiger partial charge in [-0.1, -0.05) is 30.3 Å². The number of esters is 1. The average Bonchev–Trinajstić information content (AvgIpc) is 2.77. The summed E-state index contributed by atoms with van der Waals surface area (Å²) in [5.74, 6) is -0.245. The molecule has 0 saturated heterocycles. The summed E-state index contributed by atoms with van der Waals surface area (Å²) in [5.41, 5.74) is 2.50. The van der Waals surface area contributed by atoms with E-state index in [2.05, 4.69) is 5.32 Å². The fraction of sp³-hybridized carbons (Fsp3) is 0.0870. The Balaban J connectivity index is 1.45. The molecule has 3 rings (SSSR count). The summed E-state index contributed by atoms with van der Waals surface area (Å²) in [6.45, 7) is -0.153. The van der Waals surface area contributed by atoms with Crippen molar-refractivity contribution in [3.05, 3.63) is 95.6 Å². The zero-order valence-electron chi connectivity index (χ0n) is 15.5. The molecular formula is C23H18N2O4. The van der Waals surface area contributed by atoms with Crippen LogP contribution in [0.1, 0.15) is 21.5 Å². The Bertz CT molecular complexity index is 1010. The van der Waals surface area contributed by atoms with Crippen LogP contribution in [0.2, 0.25) is 0 Å². The number of carbonyl (C=O) groups excluding carboxylic acids is 2. The topological polar surface area (TPSA) is 88.4 Å². The largest absolute Gasteiger partial charge is 0.482 e. The first-order chi connectivity index (χ1) is 14.1. The first kappa shape index (κ1) is 19.6. The molecule has 6 nitrogen and oxygen atoms in total. The van der Waals surface area contributed by atoms with Crippen LogP contribution in [0, 0.1) is 11.3 Å². The molecule has 144 valence electrons. The van der Waals surface area contributed by atoms with E-state index >= 15 is 0 Å². The van der Waals surface area contributed by atoms with Gasteiger partial charge in [-0.05, 0) is 54.1 Å². The molecule has 0 saturated carbocycles. The van der Waals surface area contributed by atoms with Crippen molar-refractivity contribution in [1.82, 2.24) is 0 Å². The summed E-state index contributed by atoms with van der Waals surface area (Å²) in [7, 11) is 0. The maximum Gasteiger partial charge on any atom is 0.344 e. The van der Waals surface area contributed by atoms with Crippen molar-refractivity contribution in [2.45, 2.75) is 6.61 Å². The Labute approximate surface area is 168 Å². The van der Waals surface area contributed by atoms with Crippen LogP contribution >= 0.6 is 0 Å². The van der Waals surface area contributed by atoms with E-state index in [0.29, 0.717) is 16.9 Å². The van der Waals surface area contributed by atoms with E-state index in [0.717, 1.165) is 11.3 Å². The van der Waals surface area contributed by atoms with Crippen LogP contribution in [0.3, 0.4) is 0 Å². The van der Waals surface area contributed by atoms with E-state index in [1.807, 2.05) is 36.4 Å². The van der Waals surface area contributed by atoms with Crippen molar-refractivity contribution < 1.29 is 19.1 Å². The van der Waals surface area contributed by atoms with Gasteiger partial charge in [0.25, 0.3) is 5.91 Å². The molecule has 0 aliphatic carbocycles. The molecule has 6 heteroatoms. The van der Waals surface area contributed by atoms with Crippen LogP contribution in [-0.2, 0) is 16.1 Å². The van der Waals surface area contributed by atoms with Crippen molar-refractivity contribution in [2.75, 3.05) is 11.9 Å². The zero-order valence-corrected chi connectivity index (χ0v) is 15.5. The summed E-state index contributed by atoms with van der Waals surface area (Å²) in [5, 5.41) is 11.6. The summed E-state index contributed by atoms with van der Waals surface area (Å²) in [6.07, 6.45) is 0. The molecule has 0 spiro atoms. The summed E-state index contributed by atoms with van der Waals surface area (Å²) in [4.78, 5) is 24.0. The van der Waals surface area contributed by atoms with E-state index in [1.165, 1.54) is 0 Å². The van der Waals surface area contributed by atoms with E-state index < -0.39 is 5.97 Å². The smallest absolute Gasteiger partial charge is 0.344 e. The number of hydrogen-bond acceptors (Lipinski definition) is 5. The monoisotopic (exact) mass is 386 g/mol. The number of hydrogen-bond donors (Lipinski definition) is 1. The van der Waals surface area contributed by atoms with Crippen LogP contribution in [-0.4, -0.2) is 18.5 Å². The first-order valence-electron chi connectivity index (χ1n) is 8.88. The second-order valence-corrected chi connectivity index (χ2v) is 6.10. The van der Waals surface area contributed by atoms with Crippen LogP contribution in [0.4, 0.5) is 5.69 Å². The van der Waals surface area contributed by atoms with Gasteiger partial charge in [-0.15, -0.1) is 0 Å². The molecule has 0 bridgehead atoms. The molecule has 1 amide bonds. The molecule has 0 radical (unpaired) electrons. The van der Waals surface area contributed by atoms with Gasteiger partial charge < -0.3 is 14.8 Å². The van der Waals surface area contributed by atoms with Crippen molar-refractivity contribution >= 4 is 17.6 Å². The highest BCUT2D eigenvalue weighted by Gasteiger charge is 2.08. The van der Waals surface area contributed by atoms with Gasteiger partial charge in [0.15, 0.2) is 6.61 Å². The fourth-order valence-electron chi connectivity index (χ4n) is 2.45. The summed E-state index contributed by atoms with van der Waals surface area (Å²) >= 11 is 0. The lowest BCUT2D eigenvalue weighted by molar-refractivity contribution is -0.147. The van der Waals surface area contributed by atoms with Crippen LogP contribution in [0.5, 0.6) is 5.75 Å². The van der Waals surface area contributed by atoms with Gasteiger partial charge in [0.05, 0.1) is 11.6 Å². The minimum Gasteiger partial charge on any atom is -0.482 e. The molecule has 29 heavy (non-hydrogen) atoms. The van der Waals surface area contributed by atoms with Crippen LogP contribution < -0.4 is 10.1 Å². The van der Waals surface area contributed by atoms with Crippen molar-refractivity contribution in [2.24, 2.45) is 0 Å². The average molecular weight is 386 g/mol. The Kier molecular flexibility index (Phi) is 6.58. The molecule has 0 atom stereocenters. The Morgan fingerprint density at radius 2 is 1.59 bits per heavy atom. The molecule has 0 aromatic heterocycles. The Morgan fingerprint density at radius 3 is 2.24 bits per heavy atom. The highest BCUT2D eigenvalue weighted by molar-refractivity contribution is 6.04. The number of rotatable bonds is 7. The molecule has 0 aliphatic rings. The SMILES string of the molecule is N#Cc1ccc(OCC(=O)OCc2ccc(C(=O)Nc3ccccc3)cc2)cc1. The van der Waals surface area contributed by atoms with Crippen molar-refractivity contribution in [1.29, 1.82) is 5.26 Å². The Morgan fingerprint density at radius 1 is 0.897 bits per heavy atom. The van der Waals surface area contributed by atoms with Gasteiger partial charge in [0.1, 0.15) is 12.4 Å². The van der Waals surface area contributed by atoms with Crippen molar-refractivity contribution in [3.8, 4) is 11.8 Å². The molecular weight excluding hydrogens is 368 g/mol. The summed E-state index contributed by atoms with van der Waals surface area (Å²) < 4.78 is 10.5. The standard InChI is InChI=1S/C23H18N2O4/c24-14-17-8-12-21(13-9-17)28-16-22(26)29-15-18-6-10-19(11-7-18)23(27)25-20-4-2-1-3-5-20/h1-13H,15-16H2,(H,25,27). The number of benzene rings is 3. The maximum absolute atomic E-state index is 12.2. The molecule has 1 N–H and O–H groups in total. The third-order valence-corrected chi connectivity index (χ3v) is 3.99. The predicted octanol–water partition coefficient (Wildman–Crippen LogP) is 3.93. The molecule has 0 aliphatic heterocycles. The highest BCUT2D eigenvalue weighted by atomic mass is 16.6. The second kappa shape index (κ2) is 9.72. The third kappa shape index (κ3) is 5.94. The minimum atomic E-state index is -0.514. The predicted molar refractivity (Wildman–Crippen MR) is 107 cm³/mol. The lowest BCUT2D eigenvalue weighted by Crippen LogP contribution is -2.15. The number of para-hydroxylation sites is 1. The van der Waals surface area contributed by atoms with Gasteiger partial charge in [0, 0.05) is 11.3 Å². The number of ether oxygens (including phenoxy) is 2. The van der Waals surface area contributed by atoms with E-state index in [1.54, 1.807) is 48.5 Å². The molecule has 0 fully saturated rings. The first-order valence-corrected chi connectivity index (χ1v) is 8.88. The zero-order chi connectivity index (χ0) is 20.5. The molecule has 3 aromatic rings. The van der Waals surface area contributed by atoms with Gasteiger partial charge in [0.2, 0.25) is 0 Å². The van der Waals surface area contributed by atoms with Crippen LogP contribution in [0.15, 0.2) is 78.9 Å². The highest BCUT2D eigenvalue weighted by Crippen LogP contribution is 2.13. The Hall–Kier alpha value is -4.11. The van der Waals surface area contributed by atoms with Crippen molar-refractivity contribution in [3.63, 3.8) is 0 Å². The molecule has 3 aromatic carbocycles. The van der Waals surface area contributed by atoms with Crippen LogP contribution in [0.25, 0.3) is 0 Å². The quantitative estimate of drug-likeness (QED) is 0.622. The number of amides is 1. The van der Waals surface area contributed by atoms with Gasteiger partial charge in [-0.25, -0.2) is 4.79 Å². The van der Waals surface area contributed by atoms with Gasteiger partial charge in [-0.2, -0.15) is 5.26 Å². The van der Waals surface area contributed by atoms with E-state index in [4.69, 9.17) is 14.7 Å². The van der Waals surface area contributed by atoms with Gasteiger partial charge >= 0.3 is 5.97 Å². The normalized spacial score (nSPS) is 9.90. The summed E-state index contributed by atoms with van der Waals surface area (Å²) in [6, 6.07) is 24.5.